The van der Waals surface area contributed by atoms with E-state index in [-0.39, 0.29) is 6.42 Å². The van der Waals surface area contributed by atoms with Crippen LogP contribution in [0.1, 0.15) is 31.7 Å². The van der Waals surface area contributed by atoms with Gasteiger partial charge in [0.2, 0.25) is 17.7 Å². The molecule has 0 saturated heterocycles. The number of benzene rings is 1. The fraction of sp³-hybridized carbons (Fsp3) is 0.478. The van der Waals surface area contributed by atoms with Crippen molar-refractivity contribution in [3.63, 3.8) is 0 Å². The third kappa shape index (κ3) is 8.05. The van der Waals surface area contributed by atoms with Gasteiger partial charge >= 0.3 is 5.97 Å². The van der Waals surface area contributed by atoms with Crippen molar-refractivity contribution >= 4 is 34.6 Å². The fourth-order valence-electron chi connectivity index (χ4n) is 3.49. The van der Waals surface area contributed by atoms with E-state index in [4.69, 9.17) is 16.6 Å². The number of rotatable bonds is 14. The molecule has 0 spiro atoms. The van der Waals surface area contributed by atoms with Crippen LogP contribution in [-0.2, 0) is 25.6 Å². The lowest BCUT2D eigenvalue weighted by Crippen LogP contribution is -2.58. The van der Waals surface area contributed by atoms with Gasteiger partial charge in [0.1, 0.15) is 18.1 Å². The molecular weight excluding hydrogens is 456 g/mol. The maximum atomic E-state index is 13.1. The summed E-state index contributed by atoms with van der Waals surface area (Å²) in [6, 6.07) is 2.85. The molecule has 2 aromatic rings. The largest absolute Gasteiger partial charge is 0.480 e. The molecule has 12 heteroatoms. The van der Waals surface area contributed by atoms with Crippen molar-refractivity contribution < 1.29 is 29.4 Å². The Bertz CT molecular complexity index is 1020. The number of fused-ring (bicyclic) bond motifs is 1. The van der Waals surface area contributed by atoms with Gasteiger partial charge in [-0.25, -0.2) is 0 Å². The minimum atomic E-state index is -1.41. The number of carbonyl (C=O) groups excluding carboxylic acids is 3. The van der Waals surface area contributed by atoms with Gasteiger partial charge in [-0.15, -0.1) is 0 Å². The molecule has 1 aromatic carbocycles. The molecule has 1 heterocycles. The highest BCUT2D eigenvalue weighted by Gasteiger charge is 2.29. The van der Waals surface area contributed by atoms with E-state index in [0.29, 0.717) is 25.8 Å². The van der Waals surface area contributed by atoms with Gasteiger partial charge in [-0.2, -0.15) is 0 Å². The highest BCUT2D eigenvalue weighted by molar-refractivity contribution is 5.94. The van der Waals surface area contributed by atoms with Gasteiger partial charge in [-0.1, -0.05) is 24.6 Å². The summed E-state index contributed by atoms with van der Waals surface area (Å²) >= 11 is 0. The molecule has 12 nitrogen and oxygen atoms in total. The Morgan fingerprint density at radius 3 is 2.31 bits per heavy atom. The maximum absolute atomic E-state index is 13.1. The van der Waals surface area contributed by atoms with Crippen LogP contribution < -0.4 is 27.4 Å². The van der Waals surface area contributed by atoms with Crippen LogP contribution in [0.3, 0.4) is 0 Å². The van der Waals surface area contributed by atoms with Gasteiger partial charge < -0.3 is 42.6 Å². The van der Waals surface area contributed by atoms with Crippen LogP contribution in [0.4, 0.5) is 0 Å². The second-order valence-electron chi connectivity index (χ2n) is 8.33. The normalized spacial score (nSPS) is 14.5. The lowest BCUT2D eigenvalue weighted by atomic mass is 10.0. The molecule has 4 atom stereocenters. The average molecular weight is 491 g/mol. The summed E-state index contributed by atoms with van der Waals surface area (Å²) in [5, 5.41) is 26.7. The number of hydrogen-bond acceptors (Lipinski definition) is 7. The predicted molar refractivity (Wildman–Crippen MR) is 129 cm³/mol. The lowest BCUT2D eigenvalue weighted by Gasteiger charge is -2.24. The van der Waals surface area contributed by atoms with E-state index in [1.165, 1.54) is 6.92 Å². The lowest BCUT2D eigenvalue weighted by molar-refractivity contribution is -0.142. The summed E-state index contributed by atoms with van der Waals surface area (Å²) in [5.41, 5.74) is 13.1. The topological polar surface area (TPSA) is 213 Å². The number of amides is 3. The second-order valence-corrected chi connectivity index (χ2v) is 8.33. The number of aliphatic carboxylic acids is 1. The van der Waals surface area contributed by atoms with Crippen molar-refractivity contribution in [2.75, 3.05) is 13.2 Å². The number of hydrogen-bond donors (Lipinski definition) is 8. The summed E-state index contributed by atoms with van der Waals surface area (Å²) in [4.78, 5) is 52.3. The van der Waals surface area contributed by atoms with Crippen molar-refractivity contribution in [2.45, 2.75) is 56.8 Å². The highest BCUT2D eigenvalue weighted by Crippen LogP contribution is 2.19. The number of aliphatic hydroxyl groups is 1. The third-order valence-electron chi connectivity index (χ3n) is 5.58. The van der Waals surface area contributed by atoms with Crippen LogP contribution in [-0.4, -0.2) is 76.2 Å². The average Bonchev–Trinajstić information content (AvgIpc) is 3.24. The Morgan fingerprint density at radius 1 is 1.00 bits per heavy atom. The zero-order valence-corrected chi connectivity index (χ0v) is 19.6. The van der Waals surface area contributed by atoms with E-state index in [1.807, 2.05) is 24.3 Å². The SMILES string of the molecule is CC(NC(=O)C(CO)NC(=O)C(Cc1c[nH]c2ccccc12)NC(=O)C(N)CCCCN)C(=O)O. The van der Waals surface area contributed by atoms with Crippen LogP contribution in [0.5, 0.6) is 0 Å². The van der Waals surface area contributed by atoms with Crippen LogP contribution in [0.25, 0.3) is 10.9 Å². The van der Waals surface area contributed by atoms with Crippen molar-refractivity contribution in [1.29, 1.82) is 0 Å². The molecular formula is C23H34N6O6. The molecule has 0 bridgehead atoms. The Labute approximate surface area is 202 Å². The maximum Gasteiger partial charge on any atom is 0.325 e. The van der Waals surface area contributed by atoms with Gasteiger partial charge in [0, 0.05) is 23.5 Å². The van der Waals surface area contributed by atoms with E-state index in [1.54, 1.807) is 6.20 Å². The number of H-pyrrole nitrogens is 1. The van der Waals surface area contributed by atoms with Crippen molar-refractivity contribution in [3.05, 3.63) is 36.0 Å². The molecule has 0 fully saturated rings. The van der Waals surface area contributed by atoms with Crippen molar-refractivity contribution in [2.24, 2.45) is 11.5 Å². The number of carboxylic acids is 1. The Morgan fingerprint density at radius 2 is 1.66 bits per heavy atom. The molecule has 0 aliphatic rings. The number of unbranched alkanes of at least 4 members (excludes halogenated alkanes) is 1. The van der Waals surface area contributed by atoms with E-state index >= 15 is 0 Å². The quantitative estimate of drug-likeness (QED) is 0.149. The van der Waals surface area contributed by atoms with Crippen LogP contribution in [0.2, 0.25) is 0 Å². The number of para-hydroxylation sites is 1. The molecule has 192 valence electrons. The van der Waals surface area contributed by atoms with Crippen LogP contribution >= 0.6 is 0 Å². The van der Waals surface area contributed by atoms with E-state index in [2.05, 4.69) is 20.9 Å². The molecule has 3 amide bonds. The van der Waals surface area contributed by atoms with E-state index < -0.39 is 54.5 Å². The first-order valence-electron chi connectivity index (χ1n) is 11.4. The first kappa shape index (κ1) is 27.8. The number of aliphatic hydroxyl groups excluding tert-OH is 1. The molecule has 35 heavy (non-hydrogen) atoms. The first-order valence-corrected chi connectivity index (χ1v) is 11.4. The minimum absolute atomic E-state index is 0.0857. The Kier molecular flexibility index (Phi) is 10.6. The zero-order valence-electron chi connectivity index (χ0n) is 19.6. The number of nitrogens with one attached hydrogen (secondary N) is 4. The van der Waals surface area contributed by atoms with E-state index in [9.17, 15) is 24.3 Å². The summed E-state index contributed by atoms with van der Waals surface area (Å²) < 4.78 is 0. The summed E-state index contributed by atoms with van der Waals surface area (Å²) in [6.45, 7) is 0.962. The van der Waals surface area contributed by atoms with Crippen LogP contribution in [0, 0.1) is 0 Å². The molecule has 0 aliphatic carbocycles. The fourth-order valence-corrected chi connectivity index (χ4v) is 3.49. The first-order chi connectivity index (χ1) is 16.7. The summed E-state index contributed by atoms with van der Waals surface area (Å²) in [5.74, 6) is -3.40. The highest BCUT2D eigenvalue weighted by atomic mass is 16.4. The predicted octanol–water partition coefficient (Wildman–Crippen LogP) is -1.28. The van der Waals surface area contributed by atoms with Crippen LogP contribution in [0.15, 0.2) is 30.5 Å². The summed E-state index contributed by atoms with van der Waals surface area (Å²) in [6.07, 6.45) is 3.56. The zero-order chi connectivity index (χ0) is 26.0. The second kappa shape index (κ2) is 13.4. The van der Waals surface area contributed by atoms with E-state index in [0.717, 1.165) is 16.5 Å². The number of aromatic amines is 1. The van der Waals surface area contributed by atoms with Gasteiger partial charge in [0.25, 0.3) is 0 Å². The standard InChI is InChI=1S/C23H34N6O6/c1-13(23(34)35)27-22(33)19(12-30)29-21(32)18(28-20(31)16(25)7-4-5-9-24)10-14-11-26-17-8-3-2-6-15(14)17/h2-3,6,8,11,13,16,18-19,26,30H,4-5,7,9-10,12,24-25H2,1H3,(H,27,33)(H,28,31)(H,29,32)(H,34,35). The minimum Gasteiger partial charge on any atom is -0.480 e. The molecule has 0 aliphatic heterocycles. The van der Waals surface area contributed by atoms with Gasteiger partial charge in [0.05, 0.1) is 12.6 Å². The van der Waals surface area contributed by atoms with Gasteiger partial charge in [-0.05, 0) is 37.9 Å². The smallest absolute Gasteiger partial charge is 0.325 e. The molecule has 0 saturated carbocycles. The number of nitrogens with two attached hydrogens (primary N) is 2. The van der Waals surface area contributed by atoms with Gasteiger partial charge in [-0.3, -0.25) is 19.2 Å². The van der Waals surface area contributed by atoms with Crippen molar-refractivity contribution in [1.82, 2.24) is 20.9 Å². The molecule has 4 unspecified atom stereocenters. The van der Waals surface area contributed by atoms with Crippen molar-refractivity contribution in [3.8, 4) is 0 Å². The number of carbonyl (C=O) groups is 4. The Balaban J connectivity index is 2.19. The number of aromatic nitrogens is 1. The molecule has 0 radical (unpaired) electrons. The summed E-state index contributed by atoms with van der Waals surface area (Å²) in [7, 11) is 0. The third-order valence-corrected chi connectivity index (χ3v) is 5.58. The van der Waals surface area contributed by atoms with Gasteiger partial charge in [0.15, 0.2) is 0 Å². The molecule has 1 aromatic heterocycles. The monoisotopic (exact) mass is 490 g/mol. The molecule has 2 rings (SSSR count). The Hall–Kier alpha value is -3.48. The number of carboxylic acid groups (broad SMARTS) is 1. The molecule has 10 N–H and O–H groups in total.